The van der Waals surface area contributed by atoms with Crippen LogP contribution in [0.1, 0.15) is 15.9 Å². The predicted octanol–water partition coefficient (Wildman–Crippen LogP) is 3.21. The highest BCUT2D eigenvalue weighted by atomic mass is 79.9. The molecule has 4 heteroatoms. The van der Waals surface area contributed by atoms with E-state index in [0.29, 0.717) is 11.1 Å². The lowest BCUT2D eigenvalue weighted by molar-refractivity contribution is 0.103. The molecule has 0 fully saturated rings. The van der Waals surface area contributed by atoms with Gasteiger partial charge in [0.2, 0.25) is 0 Å². The number of ketones is 1. The molecule has 0 spiro atoms. The minimum absolute atomic E-state index is 0.172. The number of halogens is 2. The van der Waals surface area contributed by atoms with Gasteiger partial charge >= 0.3 is 0 Å². The Morgan fingerprint density at radius 1 is 1.12 bits per heavy atom. The topological polar surface area (TPSA) is 30.0 Å². The van der Waals surface area contributed by atoms with Crippen molar-refractivity contribution >= 4 is 21.7 Å². The van der Waals surface area contributed by atoms with E-state index in [1.807, 2.05) is 0 Å². The summed E-state index contributed by atoms with van der Waals surface area (Å²) >= 11 is 3.24. The third-order valence-electron chi connectivity index (χ3n) is 2.07. The number of rotatable bonds is 2. The van der Waals surface area contributed by atoms with Crippen molar-refractivity contribution < 1.29 is 9.18 Å². The minimum Gasteiger partial charge on any atom is -0.289 e. The van der Waals surface area contributed by atoms with Crippen molar-refractivity contribution in [3.05, 3.63) is 64.1 Å². The van der Waals surface area contributed by atoms with E-state index >= 15 is 0 Å². The molecule has 0 unspecified atom stereocenters. The zero-order valence-electron chi connectivity index (χ0n) is 8.15. The molecule has 1 aromatic heterocycles. The van der Waals surface area contributed by atoms with E-state index in [-0.39, 0.29) is 11.6 Å². The van der Waals surface area contributed by atoms with Gasteiger partial charge in [0.25, 0.3) is 0 Å². The van der Waals surface area contributed by atoms with Gasteiger partial charge < -0.3 is 0 Å². The molecule has 80 valence electrons. The summed E-state index contributed by atoms with van der Waals surface area (Å²) in [5, 5.41) is 0. The Kier molecular flexibility index (Phi) is 3.10. The van der Waals surface area contributed by atoms with Crippen LogP contribution in [0.5, 0.6) is 0 Å². The van der Waals surface area contributed by atoms with Gasteiger partial charge in [-0.15, -0.1) is 0 Å². The number of hydrogen-bond acceptors (Lipinski definition) is 2. The van der Waals surface area contributed by atoms with E-state index in [2.05, 4.69) is 20.9 Å². The maximum Gasteiger partial charge on any atom is 0.194 e. The molecule has 1 heterocycles. The van der Waals surface area contributed by atoms with Crippen LogP contribution in [0.2, 0.25) is 0 Å². The van der Waals surface area contributed by atoms with Gasteiger partial charge in [-0.3, -0.25) is 9.78 Å². The van der Waals surface area contributed by atoms with Crippen LogP contribution in [0.3, 0.4) is 0 Å². The molecular formula is C12H7BrFNO. The maximum absolute atomic E-state index is 12.7. The third kappa shape index (κ3) is 2.33. The van der Waals surface area contributed by atoms with E-state index in [9.17, 15) is 9.18 Å². The highest BCUT2D eigenvalue weighted by Crippen LogP contribution is 2.14. The Morgan fingerprint density at radius 3 is 2.44 bits per heavy atom. The second-order valence-corrected chi connectivity index (χ2v) is 4.14. The number of benzene rings is 1. The second kappa shape index (κ2) is 4.53. The zero-order valence-corrected chi connectivity index (χ0v) is 9.74. The maximum atomic E-state index is 12.7. The lowest BCUT2D eigenvalue weighted by atomic mass is 10.1. The second-order valence-electron chi connectivity index (χ2n) is 3.23. The fourth-order valence-electron chi connectivity index (χ4n) is 1.30. The summed E-state index contributed by atoms with van der Waals surface area (Å²) in [6.45, 7) is 0. The highest BCUT2D eigenvalue weighted by Gasteiger charge is 2.09. The molecule has 0 radical (unpaired) electrons. The normalized spacial score (nSPS) is 10.1. The summed E-state index contributed by atoms with van der Waals surface area (Å²) in [6.07, 6.45) is 3.08. The van der Waals surface area contributed by atoms with Crippen molar-refractivity contribution in [2.75, 3.05) is 0 Å². The third-order valence-corrected chi connectivity index (χ3v) is 2.51. The average Bonchev–Trinajstić information content (AvgIpc) is 2.29. The largest absolute Gasteiger partial charge is 0.289 e. The molecule has 0 saturated heterocycles. The Balaban J connectivity index is 2.35. The van der Waals surface area contributed by atoms with Gasteiger partial charge in [-0.05, 0) is 46.3 Å². The van der Waals surface area contributed by atoms with Crippen LogP contribution in [0.15, 0.2) is 47.2 Å². The molecule has 0 aliphatic carbocycles. The Labute approximate surface area is 100 Å². The predicted molar refractivity (Wildman–Crippen MR) is 61.8 cm³/mol. The van der Waals surface area contributed by atoms with Gasteiger partial charge in [-0.25, -0.2) is 4.39 Å². The van der Waals surface area contributed by atoms with Gasteiger partial charge in [-0.1, -0.05) is 0 Å². The van der Waals surface area contributed by atoms with Crippen LogP contribution < -0.4 is 0 Å². The smallest absolute Gasteiger partial charge is 0.194 e. The first kappa shape index (κ1) is 11.0. The minimum atomic E-state index is -0.357. The molecular weight excluding hydrogens is 273 g/mol. The van der Waals surface area contributed by atoms with Gasteiger partial charge in [0.1, 0.15) is 5.82 Å². The van der Waals surface area contributed by atoms with E-state index in [1.165, 1.54) is 30.5 Å². The van der Waals surface area contributed by atoms with Crippen molar-refractivity contribution in [2.24, 2.45) is 0 Å². The SMILES string of the molecule is O=C(c1ccc(F)cc1)c1cncc(Br)c1. The molecule has 0 atom stereocenters. The summed E-state index contributed by atoms with van der Waals surface area (Å²) in [6, 6.07) is 7.12. The zero-order chi connectivity index (χ0) is 11.5. The van der Waals surface area contributed by atoms with Crippen LogP contribution in [-0.2, 0) is 0 Å². The fraction of sp³-hybridized carbons (Fsp3) is 0. The molecule has 0 bridgehead atoms. The van der Waals surface area contributed by atoms with E-state index < -0.39 is 0 Å². The standard InChI is InChI=1S/C12H7BrFNO/c13-10-5-9(6-15-7-10)12(16)8-1-3-11(14)4-2-8/h1-7H. The quantitative estimate of drug-likeness (QED) is 0.790. The fourth-order valence-corrected chi connectivity index (χ4v) is 1.67. The van der Waals surface area contributed by atoms with Gasteiger partial charge in [-0.2, -0.15) is 0 Å². The van der Waals surface area contributed by atoms with E-state index in [0.717, 1.165) is 4.47 Å². The molecule has 1 aromatic carbocycles. The lowest BCUT2D eigenvalue weighted by Crippen LogP contribution is -2.01. The molecule has 0 aliphatic heterocycles. The van der Waals surface area contributed by atoms with Crippen molar-refractivity contribution in [3.63, 3.8) is 0 Å². The lowest BCUT2D eigenvalue weighted by Gasteiger charge is -2.00. The van der Waals surface area contributed by atoms with Crippen LogP contribution in [0, 0.1) is 5.82 Å². The van der Waals surface area contributed by atoms with Crippen molar-refractivity contribution in [2.45, 2.75) is 0 Å². The molecule has 0 amide bonds. The van der Waals surface area contributed by atoms with Crippen LogP contribution >= 0.6 is 15.9 Å². The van der Waals surface area contributed by atoms with Crippen LogP contribution in [0.25, 0.3) is 0 Å². The first-order valence-electron chi connectivity index (χ1n) is 4.57. The van der Waals surface area contributed by atoms with E-state index in [4.69, 9.17) is 0 Å². The number of pyridine rings is 1. The summed E-state index contributed by atoms with van der Waals surface area (Å²) in [7, 11) is 0. The van der Waals surface area contributed by atoms with Gasteiger partial charge in [0.05, 0.1) is 0 Å². The van der Waals surface area contributed by atoms with E-state index in [1.54, 1.807) is 12.3 Å². The molecule has 0 aliphatic rings. The number of carbonyl (C=O) groups excluding carboxylic acids is 1. The number of aromatic nitrogens is 1. The molecule has 2 rings (SSSR count). The molecule has 16 heavy (non-hydrogen) atoms. The number of nitrogens with zero attached hydrogens (tertiary/aromatic N) is 1. The molecule has 0 N–H and O–H groups in total. The van der Waals surface area contributed by atoms with Crippen LogP contribution in [-0.4, -0.2) is 10.8 Å². The van der Waals surface area contributed by atoms with Gasteiger partial charge in [0, 0.05) is 28.0 Å². The molecule has 2 aromatic rings. The Hall–Kier alpha value is -1.55. The Morgan fingerprint density at radius 2 is 1.81 bits per heavy atom. The first-order valence-corrected chi connectivity index (χ1v) is 5.37. The monoisotopic (exact) mass is 279 g/mol. The first-order chi connectivity index (χ1) is 7.66. The van der Waals surface area contributed by atoms with Crippen LogP contribution in [0.4, 0.5) is 4.39 Å². The number of carbonyl (C=O) groups is 1. The van der Waals surface area contributed by atoms with Crippen molar-refractivity contribution in [1.29, 1.82) is 0 Å². The summed E-state index contributed by atoms with van der Waals surface area (Å²) in [5.74, 6) is -0.530. The van der Waals surface area contributed by atoms with Crippen molar-refractivity contribution in [1.82, 2.24) is 4.98 Å². The summed E-state index contributed by atoms with van der Waals surface area (Å²) < 4.78 is 13.4. The molecule has 0 saturated carbocycles. The number of hydrogen-bond donors (Lipinski definition) is 0. The Bertz CT molecular complexity index is 525. The average molecular weight is 280 g/mol. The van der Waals surface area contributed by atoms with Gasteiger partial charge in [0.15, 0.2) is 5.78 Å². The molecule has 2 nitrogen and oxygen atoms in total. The summed E-state index contributed by atoms with van der Waals surface area (Å²) in [5.41, 5.74) is 0.919. The summed E-state index contributed by atoms with van der Waals surface area (Å²) in [4.78, 5) is 15.8. The highest BCUT2D eigenvalue weighted by molar-refractivity contribution is 9.10. The van der Waals surface area contributed by atoms with Crippen molar-refractivity contribution in [3.8, 4) is 0 Å².